The number of fused-ring (bicyclic) bond motifs is 1. The first-order valence-electron chi connectivity index (χ1n) is 5.35. The van der Waals surface area contributed by atoms with E-state index < -0.39 is 16.7 Å². The van der Waals surface area contributed by atoms with Gasteiger partial charge in [0.25, 0.3) is 0 Å². The van der Waals surface area contributed by atoms with Crippen LogP contribution in [0, 0.1) is 0 Å². The highest BCUT2D eigenvalue weighted by atomic mass is 16.4. The van der Waals surface area contributed by atoms with E-state index in [2.05, 4.69) is 0 Å². The second-order valence-corrected chi connectivity index (χ2v) is 4.76. The predicted molar refractivity (Wildman–Crippen MR) is 56.1 cm³/mol. The van der Waals surface area contributed by atoms with Crippen LogP contribution in [0.3, 0.4) is 0 Å². The lowest BCUT2D eigenvalue weighted by Gasteiger charge is -2.18. The van der Waals surface area contributed by atoms with Crippen molar-refractivity contribution in [1.82, 2.24) is 0 Å². The molecule has 4 N–H and O–H groups in total. The Kier molecular flexibility index (Phi) is 1.51. The van der Waals surface area contributed by atoms with E-state index in [1.165, 1.54) is 0 Å². The average Bonchev–Trinajstić information content (AvgIpc) is 2.52. The second-order valence-electron chi connectivity index (χ2n) is 4.76. The number of benzene rings is 1. The van der Waals surface area contributed by atoms with Gasteiger partial charge in [-0.15, -0.1) is 0 Å². The Labute approximate surface area is 88.5 Å². The number of hydrogen-bond acceptors (Lipinski definition) is 3. The third-order valence-electron chi connectivity index (χ3n) is 4.22. The molecule has 2 aliphatic carbocycles. The monoisotopic (exact) mass is 205 g/mol. The van der Waals surface area contributed by atoms with E-state index >= 15 is 0 Å². The zero-order chi connectivity index (χ0) is 10.7. The maximum Gasteiger partial charge on any atom is 0.141 e. The number of rotatable bonds is 1. The molecule has 0 radical (unpaired) electrons. The van der Waals surface area contributed by atoms with Crippen molar-refractivity contribution in [2.45, 2.75) is 36.0 Å². The predicted octanol–water partition coefficient (Wildman–Crippen LogP) is 0.500. The summed E-state index contributed by atoms with van der Waals surface area (Å²) in [5.41, 5.74) is 3.65. The van der Waals surface area contributed by atoms with Gasteiger partial charge in [0.15, 0.2) is 0 Å². The first-order chi connectivity index (χ1) is 7.06. The number of aliphatic hydroxyl groups is 2. The van der Waals surface area contributed by atoms with Crippen molar-refractivity contribution >= 4 is 0 Å². The van der Waals surface area contributed by atoms with Crippen molar-refractivity contribution in [3.63, 3.8) is 0 Å². The minimum absolute atomic E-state index is 0.592. The van der Waals surface area contributed by atoms with Crippen molar-refractivity contribution < 1.29 is 10.2 Å². The molecule has 3 heteroatoms. The summed E-state index contributed by atoms with van der Waals surface area (Å²) in [6.07, 6.45) is 2.17. The van der Waals surface area contributed by atoms with Gasteiger partial charge < -0.3 is 15.9 Å². The molecule has 0 bridgehead atoms. The Morgan fingerprint density at radius 2 is 1.73 bits per heavy atom. The minimum atomic E-state index is -1.24. The van der Waals surface area contributed by atoms with Crippen molar-refractivity contribution in [3.05, 3.63) is 35.9 Å². The fourth-order valence-corrected chi connectivity index (χ4v) is 3.28. The van der Waals surface area contributed by atoms with Crippen LogP contribution in [0.2, 0.25) is 0 Å². The van der Waals surface area contributed by atoms with Crippen molar-refractivity contribution in [3.8, 4) is 0 Å². The van der Waals surface area contributed by atoms with Crippen LogP contribution < -0.4 is 5.73 Å². The van der Waals surface area contributed by atoms with E-state index in [4.69, 9.17) is 5.73 Å². The second kappa shape index (κ2) is 2.43. The van der Waals surface area contributed by atoms with Gasteiger partial charge in [0, 0.05) is 0 Å². The molecule has 0 aromatic heterocycles. The highest BCUT2D eigenvalue weighted by Crippen LogP contribution is 2.70. The first kappa shape index (κ1) is 9.33. The van der Waals surface area contributed by atoms with E-state index in [-0.39, 0.29) is 0 Å². The molecule has 3 atom stereocenters. The quantitative estimate of drug-likeness (QED) is 0.625. The lowest BCUT2D eigenvalue weighted by atomic mass is 9.96. The van der Waals surface area contributed by atoms with E-state index in [1.807, 2.05) is 30.3 Å². The summed E-state index contributed by atoms with van der Waals surface area (Å²) in [7, 11) is 0. The van der Waals surface area contributed by atoms with Gasteiger partial charge in [0.05, 0.1) is 5.54 Å². The molecule has 0 amide bonds. The fraction of sp³-hybridized carbons (Fsp3) is 0.500. The van der Waals surface area contributed by atoms with Crippen LogP contribution in [0.5, 0.6) is 0 Å². The third-order valence-corrected chi connectivity index (χ3v) is 4.22. The van der Waals surface area contributed by atoms with Gasteiger partial charge in [0.2, 0.25) is 0 Å². The van der Waals surface area contributed by atoms with Crippen LogP contribution in [0.25, 0.3) is 0 Å². The maximum absolute atomic E-state index is 10.5. The van der Waals surface area contributed by atoms with Gasteiger partial charge >= 0.3 is 0 Å². The zero-order valence-corrected chi connectivity index (χ0v) is 8.48. The van der Waals surface area contributed by atoms with Crippen molar-refractivity contribution in [2.24, 2.45) is 5.73 Å². The standard InChI is InChI=1S/C12H15NO2/c13-10-7-4-8-11(10,14)12(10,15)9-5-2-1-3-6-9/h1-3,5-6,14-15H,4,7-8,13H2. The summed E-state index contributed by atoms with van der Waals surface area (Å²) in [6, 6.07) is 9.25. The molecule has 3 nitrogen and oxygen atoms in total. The molecular weight excluding hydrogens is 190 g/mol. The topological polar surface area (TPSA) is 66.5 Å². The van der Waals surface area contributed by atoms with Gasteiger partial charge in [-0.3, -0.25) is 0 Å². The molecule has 2 fully saturated rings. The lowest BCUT2D eigenvalue weighted by Crippen LogP contribution is -2.32. The Morgan fingerprint density at radius 1 is 1.07 bits per heavy atom. The van der Waals surface area contributed by atoms with Gasteiger partial charge in [-0.05, 0) is 24.8 Å². The average molecular weight is 205 g/mol. The Morgan fingerprint density at radius 3 is 2.27 bits per heavy atom. The molecule has 1 aromatic rings. The molecule has 0 spiro atoms. The van der Waals surface area contributed by atoms with Gasteiger partial charge in [0.1, 0.15) is 11.2 Å². The molecule has 1 aromatic carbocycles. The number of nitrogens with two attached hydrogens (primary N) is 1. The van der Waals surface area contributed by atoms with Crippen LogP contribution in [0.1, 0.15) is 24.8 Å². The fourth-order valence-electron chi connectivity index (χ4n) is 3.28. The molecule has 0 saturated heterocycles. The Balaban J connectivity index is 2.09. The summed E-state index contributed by atoms with van der Waals surface area (Å²) in [6.45, 7) is 0. The van der Waals surface area contributed by atoms with Gasteiger partial charge in [-0.25, -0.2) is 0 Å². The molecule has 2 aliphatic rings. The molecule has 2 saturated carbocycles. The summed E-state index contributed by atoms with van der Waals surface area (Å²) < 4.78 is 0. The summed E-state index contributed by atoms with van der Waals surface area (Å²) in [4.78, 5) is 0. The summed E-state index contributed by atoms with van der Waals surface area (Å²) in [5.74, 6) is 0. The molecule has 3 rings (SSSR count). The van der Waals surface area contributed by atoms with E-state index in [1.54, 1.807) is 0 Å². The van der Waals surface area contributed by atoms with Gasteiger partial charge in [-0.2, -0.15) is 0 Å². The molecule has 15 heavy (non-hydrogen) atoms. The SMILES string of the molecule is NC12CCCC1(O)C2(O)c1ccccc1. The third kappa shape index (κ3) is 0.759. The summed E-state index contributed by atoms with van der Waals surface area (Å²) in [5, 5.41) is 20.8. The van der Waals surface area contributed by atoms with Crippen LogP contribution >= 0.6 is 0 Å². The molecule has 0 heterocycles. The highest BCUT2D eigenvalue weighted by molar-refractivity contribution is 5.50. The maximum atomic E-state index is 10.5. The molecular formula is C12H15NO2. The normalized spacial score (nSPS) is 47.7. The van der Waals surface area contributed by atoms with E-state index in [9.17, 15) is 10.2 Å². The Bertz CT molecular complexity index is 389. The highest BCUT2D eigenvalue weighted by Gasteiger charge is 2.87. The van der Waals surface area contributed by atoms with Crippen LogP contribution in [0.4, 0.5) is 0 Å². The minimum Gasteiger partial charge on any atom is -0.384 e. The molecule has 0 aliphatic heterocycles. The van der Waals surface area contributed by atoms with E-state index in [0.717, 1.165) is 12.0 Å². The smallest absolute Gasteiger partial charge is 0.141 e. The van der Waals surface area contributed by atoms with Crippen LogP contribution in [0.15, 0.2) is 30.3 Å². The molecule has 80 valence electrons. The first-order valence-corrected chi connectivity index (χ1v) is 5.35. The largest absolute Gasteiger partial charge is 0.384 e. The van der Waals surface area contributed by atoms with Crippen LogP contribution in [-0.4, -0.2) is 21.4 Å². The zero-order valence-electron chi connectivity index (χ0n) is 8.48. The summed E-state index contributed by atoms with van der Waals surface area (Å²) >= 11 is 0. The van der Waals surface area contributed by atoms with Crippen molar-refractivity contribution in [1.29, 1.82) is 0 Å². The lowest BCUT2D eigenvalue weighted by molar-refractivity contribution is 0.0104. The van der Waals surface area contributed by atoms with Gasteiger partial charge in [-0.1, -0.05) is 30.3 Å². The Hall–Kier alpha value is -0.900. The van der Waals surface area contributed by atoms with E-state index in [0.29, 0.717) is 12.8 Å². The molecule has 3 unspecified atom stereocenters. The number of hydrogen-bond donors (Lipinski definition) is 3. The van der Waals surface area contributed by atoms with Crippen LogP contribution in [-0.2, 0) is 5.60 Å². The van der Waals surface area contributed by atoms with Crippen molar-refractivity contribution in [2.75, 3.05) is 0 Å².